The van der Waals surface area contributed by atoms with Crippen molar-refractivity contribution < 1.29 is 19.0 Å². The summed E-state index contributed by atoms with van der Waals surface area (Å²) in [5.41, 5.74) is 0.675. The van der Waals surface area contributed by atoms with Gasteiger partial charge in [0.05, 0.1) is 13.2 Å². The Balaban J connectivity index is 1.51. The van der Waals surface area contributed by atoms with Crippen LogP contribution >= 0.6 is 0 Å². The van der Waals surface area contributed by atoms with Crippen LogP contribution < -0.4 is 14.4 Å². The molecule has 3 rings (SSSR count). The molecule has 1 fully saturated rings. The average molecular weight is 386 g/mol. The molecule has 1 amide bonds. The van der Waals surface area contributed by atoms with Gasteiger partial charge in [-0.15, -0.1) is 10.2 Å². The Morgan fingerprint density at radius 2 is 1.71 bits per heavy atom. The fraction of sp³-hybridized carbons (Fsp3) is 0.450. The molecule has 0 N–H and O–H groups in total. The monoisotopic (exact) mass is 386 g/mol. The maximum absolute atomic E-state index is 12.7. The first-order chi connectivity index (χ1) is 13.7. The van der Waals surface area contributed by atoms with E-state index in [0.29, 0.717) is 57.4 Å². The van der Waals surface area contributed by atoms with Gasteiger partial charge in [-0.3, -0.25) is 4.79 Å². The van der Waals surface area contributed by atoms with E-state index in [9.17, 15) is 4.79 Å². The lowest BCUT2D eigenvalue weighted by molar-refractivity contribution is 0.0746. The number of amides is 1. The predicted octanol–water partition coefficient (Wildman–Crippen LogP) is 1.86. The summed E-state index contributed by atoms with van der Waals surface area (Å²) in [4.78, 5) is 16.7. The smallest absolute Gasteiger partial charge is 0.253 e. The summed E-state index contributed by atoms with van der Waals surface area (Å²) in [5.74, 6) is 2.07. The van der Waals surface area contributed by atoms with Gasteiger partial charge in [-0.25, -0.2) is 0 Å². The number of hydrogen-bond donors (Lipinski definition) is 0. The summed E-state index contributed by atoms with van der Waals surface area (Å²) < 4.78 is 15.8. The van der Waals surface area contributed by atoms with Gasteiger partial charge in [0.15, 0.2) is 5.82 Å². The Kier molecular flexibility index (Phi) is 7.02. The molecule has 0 unspecified atom stereocenters. The first-order valence-corrected chi connectivity index (χ1v) is 9.44. The first-order valence-electron chi connectivity index (χ1n) is 9.44. The molecule has 1 saturated heterocycles. The highest BCUT2D eigenvalue weighted by molar-refractivity contribution is 5.94. The van der Waals surface area contributed by atoms with Crippen LogP contribution in [0.5, 0.6) is 11.6 Å². The number of aromatic nitrogens is 2. The molecule has 150 valence electrons. The number of carbonyl (C=O) groups is 1. The van der Waals surface area contributed by atoms with Crippen LogP contribution in [0, 0.1) is 0 Å². The molecule has 0 saturated carbocycles. The number of benzene rings is 1. The van der Waals surface area contributed by atoms with Gasteiger partial charge in [0.2, 0.25) is 5.88 Å². The summed E-state index contributed by atoms with van der Waals surface area (Å²) in [6, 6.07) is 11.0. The minimum absolute atomic E-state index is 0.0377. The molecule has 0 atom stereocenters. The normalized spacial score (nSPS) is 14.1. The van der Waals surface area contributed by atoms with Crippen molar-refractivity contribution in [3.05, 3.63) is 42.0 Å². The molecule has 0 aliphatic carbocycles. The van der Waals surface area contributed by atoms with Crippen LogP contribution in [0.3, 0.4) is 0 Å². The average Bonchev–Trinajstić information content (AvgIpc) is 2.75. The van der Waals surface area contributed by atoms with Gasteiger partial charge in [-0.1, -0.05) is 0 Å². The lowest BCUT2D eigenvalue weighted by atomic mass is 10.1. The Labute approximate surface area is 165 Å². The molecule has 8 nitrogen and oxygen atoms in total. The summed E-state index contributed by atoms with van der Waals surface area (Å²) >= 11 is 0. The van der Waals surface area contributed by atoms with E-state index in [0.717, 1.165) is 11.6 Å². The molecule has 1 aliphatic rings. The molecule has 0 spiro atoms. The van der Waals surface area contributed by atoms with E-state index in [1.807, 2.05) is 42.2 Å². The van der Waals surface area contributed by atoms with Crippen molar-refractivity contribution in [2.45, 2.75) is 6.92 Å². The number of methoxy groups -OCH3 is 1. The summed E-state index contributed by atoms with van der Waals surface area (Å²) in [5, 5.41) is 8.32. The van der Waals surface area contributed by atoms with Crippen molar-refractivity contribution in [3.8, 4) is 11.6 Å². The summed E-state index contributed by atoms with van der Waals surface area (Å²) in [7, 11) is 1.62. The summed E-state index contributed by atoms with van der Waals surface area (Å²) in [6.45, 7) is 6.19. The number of rotatable bonds is 8. The lowest BCUT2D eigenvalue weighted by Gasteiger charge is -2.35. The molecule has 1 aromatic carbocycles. The van der Waals surface area contributed by atoms with Gasteiger partial charge >= 0.3 is 0 Å². The number of hydrogen-bond acceptors (Lipinski definition) is 7. The number of anilines is 1. The van der Waals surface area contributed by atoms with E-state index in [1.54, 1.807) is 13.2 Å². The second-order valence-corrected chi connectivity index (χ2v) is 6.31. The SMILES string of the molecule is CCOc1ccc(C(=O)N2CCN(c3ccc(OCCOC)nn3)CC2)cc1. The van der Waals surface area contributed by atoms with Crippen molar-refractivity contribution in [2.24, 2.45) is 0 Å². The van der Waals surface area contributed by atoms with Crippen LogP contribution in [-0.4, -0.2) is 74.1 Å². The number of ether oxygens (including phenoxy) is 3. The van der Waals surface area contributed by atoms with Gasteiger partial charge in [-0.2, -0.15) is 0 Å². The van der Waals surface area contributed by atoms with Crippen LogP contribution in [-0.2, 0) is 4.74 Å². The third kappa shape index (κ3) is 5.10. The quantitative estimate of drug-likeness (QED) is 0.641. The molecule has 1 aliphatic heterocycles. The zero-order valence-electron chi connectivity index (χ0n) is 16.3. The van der Waals surface area contributed by atoms with Gasteiger partial charge in [0.1, 0.15) is 12.4 Å². The van der Waals surface area contributed by atoms with E-state index < -0.39 is 0 Å². The summed E-state index contributed by atoms with van der Waals surface area (Å²) in [6.07, 6.45) is 0. The van der Waals surface area contributed by atoms with E-state index in [-0.39, 0.29) is 5.91 Å². The van der Waals surface area contributed by atoms with E-state index in [2.05, 4.69) is 15.1 Å². The number of nitrogens with zero attached hydrogens (tertiary/aromatic N) is 4. The minimum atomic E-state index is 0.0377. The molecule has 0 radical (unpaired) electrons. The highest BCUT2D eigenvalue weighted by atomic mass is 16.5. The van der Waals surface area contributed by atoms with Crippen LogP contribution in [0.4, 0.5) is 5.82 Å². The molecule has 8 heteroatoms. The Bertz CT molecular complexity index is 744. The Morgan fingerprint density at radius 1 is 0.964 bits per heavy atom. The van der Waals surface area contributed by atoms with Crippen molar-refractivity contribution in [1.29, 1.82) is 0 Å². The third-order valence-electron chi connectivity index (χ3n) is 4.47. The molecular weight excluding hydrogens is 360 g/mol. The van der Waals surface area contributed by atoms with Gasteiger partial charge in [0.25, 0.3) is 5.91 Å². The van der Waals surface area contributed by atoms with E-state index >= 15 is 0 Å². The van der Waals surface area contributed by atoms with Crippen LogP contribution in [0.1, 0.15) is 17.3 Å². The highest BCUT2D eigenvalue weighted by Gasteiger charge is 2.23. The molecule has 28 heavy (non-hydrogen) atoms. The molecule has 1 aromatic heterocycles. The van der Waals surface area contributed by atoms with E-state index in [4.69, 9.17) is 14.2 Å². The topological polar surface area (TPSA) is 77.0 Å². The Hall–Kier alpha value is -2.87. The zero-order chi connectivity index (χ0) is 19.8. The predicted molar refractivity (Wildman–Crippen MR) is 105 cm³/mol. The molecule has 2 aromatic rings. The van der Waals surface area contributed by atoms with Crippen molar-refractivity contribution >= 4 is 11.7 Å². The Morgan fingerprint density at radius 3 is 2.32 bits per heavy atom. The minimum Gasteiger partial charge on any atom is -0.494 e. The van der Waals surface area contributed by atoms with Gasteiger partial charge in [-0.05, 0) is 37.3 Å². The molecular formula is C20H26N4O4. The second-order valence-electron chi connectivity index (χ2n) is 6.31. The van der Waals surface area contributed by atoms with Crippen LogP contribution in [0.25, 0.3) is 0 Å². The molecule has 2 heterocycles. The zero-order valence-corrected chi connectivity index (χ0v) is 16.3. The standard InChI is InChI=1S/C20H26N4O4/c1-3-27-17-6-4-16(5-7-17)20(25)24-12-10-23(11-13-24)18-8-9-19(22-21-18)28-15-14-26-2/h4-9H,3,10-15H2,1-2H3. The number of carbonyl (C=O) groups excluding carboxylic acids is 1. The lowest BCUT2D eigenvalue weighted by Crippen LogP contribution is -2.49. The number of piperazine rings is 1. The maximum atomic E-state index is 12.7. The van der Waals surface area contributed by atoms with Crippen molar-refractivity contribution in [3.63, 3.8) is 0 Å². The van der Waals surface area contributed by atoms with E-state index in [1.165, 1.54) is 0 Å². The van der Waals surface area contributed by atoms with Crippen molar-refractivity contribution in [2.75, 3.05) is 58.0 Å². The fourth-order valence-corrected chi connectivity index (χ4v) is 2.97. The fourth-order valence-electron chi connectivity index (χ4n) is 2.97. The molecule has 0 bridgehead atoms. The maximum Gasteiger partial charge on any atom is 0.253 e. The van der Waals surface area contributed by atoms with Crippen molar-refractivity contribution in [1.82, 2.24) is 15.1 Å². The first kappa shape index (κ1) is 19.9. The van der Waals surface area contributed by atoms with Gasteiger partial charge < -0.3 is 24.0 Å². The van der Waals surface area contributed by atoms with Crippen LogP contribution in [0.15, 0.2) is 36.4 Å². The highest BCUT2D eigenvalue weighted by Crippen LogP contribution is 2.18. The second kappa shape index (κ2) is 9.89. The largest absolute Gasteiger partial charge is 0.494 e. The van der Waals surface area contributed by atoms with Crippen LogP contribution in [0.2, 0.25) is 0 Å². The van der Waals surface area contributed by atoms with Gasteiger partial charge in [0, 0.05) is 44.9 Å². The third-order valence-corrected chi connectivity index (χ3v) is 4.47.